The summed E-state index contributed by atoms with van der Waals surface area (Å²) in [5.41, 5.74) is 0.606. The molecular formula is C16H22Cl2N2O. The van der Waals surface area contributed by atoms with Crippen molar-refractivity contribution in [2.75, 3.05) is 12.4 Å². The Bertz CT molecular complexity index is 501. The molecule has 0 aliphatic heterocycles. The average Bonchev–Trinajstić information content (AvgIpc) is 2.49. The largest absolute Gasteiger partial charge is 0.323 e. The SMILES string of the molecule is C[C@H](C(=O)Nc1ccc(Cl)cc1Cl)N(C)C1CCCCC1. The highest BCUT2D eigenvalue weighted by molar-refractivity contribution is 6.36. The van der Waals surface area contributed by atoms with Crippen LogP contribution in [-0.4, -0.2) is 29.9 Å². The minimum absolute atomic E-state index is 0.0349. The minimum Gasteiger partial charge on any atom is -0.323 e. The van der Waals surface area contributed by atoms with Crippen molar-refractivity contribution in [3.05, 3.63) is 28.2 Å². The summed E-state index contributed by atoms with van der Waals surface area (Å²) >= 11 is 12.0. The fourth-order valence-electron chi connectivity index (χ4n) is 2.82. The van der Waals surface area contributed by atoms with Crippen LogP contribution in [-0.2, 0) is 4.79 Å². The third-order valence-corrected chi connectivity index (χ3v) is 4.88. The van der Waals surface area contributed by atoms with Crippen LogP contribution >= 0.6 is 23.2 Å². The molecule has 116 valence electrons. The Hall–Kier alpha value is -0.770. The monoisotopic (exact) mass is 328 g/mol. The van der Waals surface area contributed by atoms with E-state index in [1.165, 1.54) is 32.1 Å². The van der Waals surface area contributed by atoms with Crippen molar-refractivity contribution in [2.45, 2.75) is 51.1 Å². The Labute approximate surface area is 136 Å². The van der Waals surface area contributed by atoms with Crippen LogP contribution in [0.2, 0.25) is 10.0 Å². The van der Waals surface area contributed by atoms with E-state index < -0.39 is 0 Å². The second-order valence-corrected chi connectivity index (χ2v) is 6.59. The summed E-state index contributed by atoms with van der Waals surface area (Å²) in [6, 6.07) is 5.41. The number of benzene rings is 1. The molecule has 1 aliphatic carbocycles. The molecule has 0 spiro atoms. The maximum absolute atomic E-state index is 12.4. The molecule has 1 aromatic carbocycles. The topological polar surface area (TPSA) is 32.3 Å². The van der Waals surface area contributed by atoms with E-state index in [9.17, 15) is 4.79 Å². The summed E-state index contributed by atoms with van der Waals surface area (Å²) in [7, 11) is 2.03. The molecule has 1 saturated carbocycles. The Kier molecular flexibility index (Phi) is 5.91. The molecule has 1 amide bonds. The lowest BCUT2D eigenvalue weighted by Gasteiger charge is -2.34. The predicted molar refractivity (Wildman–Crippen MR) is 89.2 cm³/mol. The quantitative estimate of drug-likeness (QED) is 0.876. The second kappa shape index (κ2) is 7.48. The van der Waals surface area contributed by atoms with Gasteiger partial charge in [-0.05, 0) is 45.0 Å². The predicted octanol–water partition coefficient (Wildman–Crippen LogP) is 4.58. The zero-order chi connectivity index (χ0) is 15.4. The summed E-state index contributed by atoms with van der Waals surface area (Å²) in [6.07, 6.45) is 6.18. The highest BCUT2D eigenvalue weighted by Gasteiger charge is 2.26. The third-order valence-electron chi connectivity index (χ3n) is 4.33. The fraction of sp³-hybridized carbons (Fsp3) is 0.562. The molecule has 5 heteroatoms. The molecule has 0 saturated heterocycles. The maximum Gasteiger partial charge on any atom is 0.241 e. The number of carbonyl (C=O) groups is 1. The van der Waals surface area contributed by atoms with Crippen molar-refractivity contribution in [1.82, 2.24) is 4.90 Å². The molecule has 3 nitrogen and oxygen atoms in total. The van der Waals surface area contributed by atoms with Gasteiger partial charge in [-0.15, -0.1) is 0 Å². The van der Waals surface area contributed by atoms with Crippen LogP contribution in [0.15, 0.2) is 18.2 Å². The molecule has 2 rings (SSSR count). The van der Waals surface area contributed by atoms with Gasteiger partial charge in [-0.3, -0.25) is 9.69 Å². The standard InChI is InChI=1S/C16H22Cl2N2O/c1-11(20(2)13-6-4-3-5-7-13)16(21)19-15-9-8-12(17)10-14(15)18/h8-11,13H,3-7H2,1-2H3,(H,19,21)/t11-/m1/s1. The Balaban J connectivity index is 1.98. The van der Waals surface area contributed by atoms with E-state index >= 15 is 0 Å². The molecule has 21 heavy (non-hydrogen) atoms. The molecule has 1 atom stereocenters. The highest BCUT2D eigenvalue weighted by Crippen LogP contribution is 2.26. The summed E-state index contributed by atoms with van der Waals surface area (Å²) in [6.45, 7) is 1.94. The van der Waals surface area contributed by atoms with E-state index in [0.29, 0.717) is 21.8 Å². The van der Waals surface area contributed by atoms with E-state index in [0.717, 1.165) is 0 Å². The Morgan fingerprint density at radius 1 is 1.29 bits per heavy atom. The van der Waals surface area contributed by atoms with Crippen molar-refractivity contribution in [3.8, 4) is 0 Å². The van der Waals surface area contributed by atoms with Crippen LogP contribution in [0.1, 0.15) is 39.0 Å². The molecule has 0 radical (unpaired) electrons. The first-order chi connectivity index (χ1) is 9.99. The zero-order valence-corrected chi connectivity index (χ0v) is 14.0. The lowest BCUT2D eigenvalue weighted by Crippen LogP contribution is -2.46. The van der Waals surface area contributed by atoms with Gasteiger partial charge in [0.25, 0.3) is 0 Å². The van der Waals surface area contributed by atoms with E-state index in [-0.39, 0.29) is 11.9 Å². The lowest BCUT2D eigenvalue weighted by atomic mass is 9.93. The van der Waals surface area contributed by atoms with Crippen LogP contribution in [0.25, 0.3) is 0 Å². The van der Waals surface area contributed by atoms with E-state index in [1.807, 2.05) is 14.0 Å². The van der Waals surface area contributed by atoms with Gasteiger partial charge in [0.1, 0.15) is 0 Å². The molecule has 1 N–H and O–H groups in total. The smallest absolute Gasteiger partial charge is 0.241 e. The summed E-state index contributed by atoms with van der Waals surface area (Å²) < 4.78 is 0. The van der Waals surface area contributed by atoms with Crippen molar-refractivity contribution in [3.63, 3.8) is 0 Å². The fourth-order valence-corrected chi connectivity index (χ4v) is 3.27. The summed E-state index contributed by atoms with van der Waals surface area (Å²) in [4.78, 5) is 14.6. The molecule has 0 aromatic heterocycles. The first kappa shape index (κ1) is 16.6. The zero-order valence-electron chi connectivity index (χ0n) is 12.5. The molecule has 1 fully saturated rings. The Morgan fingerprint density at radius 2 is 1.95 bits per heavy atom. The van der Waals surface area contributed by atoms with Crippen molar-refractivity contribution in [1.29, 1.82) is 0 Å². The summed E-state index contributed by atoms with van der Waals surface area (Å²) in [5, 5.41) is 3.91. The van der Waals surface area contributed by atoms with E-state index in [2.05, 4.69) is 10.2 Å². The number of likely N-dealkylation sites (N-methyl/N-ethyl adjacent to an activating group) is 1. The minimum atomic E-state index is -0.181. The first-order valence-electron chi connectivity index (χ1n) is 7.47. The third kappa shape index (κ3) is 4.35. The maximum atomic E-state index is 12.4. The number of hydrogen-bond acceptors (Lipinski definition) is 2. The number of hydrogen-bond donors (Lipinski definition) is 1. The van der Waals surface area contributed by atoms with Gasteiger partial charge in [-0.25, -0.2) is 0 Å². The van der Waals surface area contributed by atoms with Crippen LogP contribution in [0, 0.1) is 0 Å². The van der Waals surface area contributed by atoms with Gasteiger partial charge < -0.3 is 5.32 Å². The van der Waals surface area contributed by atoms with Gasteiger partial charge in [-0.2, -0.15) is 0 Å². The van der Waals surface area contributed by atoms with E-state index in [1.54, 1.807) is 18.2 Å². The molecule has 0 bridgehead atoms. The molecular weight excluding hydrogens is 307 g/mol. The number of nitrogens with zero attached hydrogens (tertiary/aromatic N) is 1. The van der Waals surface area contributed by atoms with E-state index in [4.69, 9.17) is 23.2 Å². The van der Waals surface area contributed by atoms with Crippen LogP contribution < -0.4 is 5.32 Å². The Morgan fingerprint density at radius 3 is 2.57 bits per heavy atom. The average molecular weight is 329 g/mol. The van der Waals surface area contributed by atoms with Crippen molar-refractivity contribution >= 4 is 34.8 Å². The van der Waals surface area contributed by atoms with Crippen LogP contribution in [0.4, 0.5) is 5.69 Å². The highest BCUT2D eigenvalue weighted by atomic mass is 35.5. The summed E-state index contributed by atoms with van der Waals surface area (Å²) in [5.74, 6) is -0.0349. The first-order valence-corrected chi connectivity index (χ1v) is 8.22. The van der Waals surface area contributed by atoms with Gasteiger partial charge in [0.15, 0.2) is 0 Å². The number of halogens is 2. The van der Waals surface area contributed by atoms with Gasteiger partial charge in [0, 0.05) is 11.1 Å². The van der Waals surface area contributed by atoms with Crippen LogP contribution in [0.3, 0.4) is 0 Å². The number of nitrogens with one attached hydrogen (secondary N) is 1. The number of anilines is 1. The number of rotatable bonds is 4. The molecule has 1 aliphatic rings. The number of carbonyl (C=O) groups excluding carboxylic acids is 1. The van der Waals surface area contributed by atoms with Gasteiger partial charge >= 0.3 is 0 Å². The van der Waals surface area contributed by atoms with Crippen LogP contribution in [0.5, 0.6) is 0 Å². The molecule has 1 aromatic rings. The van der Waals surface area contributed by atoms with Crippen molar-refractivity contribution < 1.29 is 4.79 Å². The van der Waals surface area contributed by atoms with Gasteiger partial charge in [0.05, 0.1) is 16.8 Å². The number of amides is 1. The van der Waals surface area contributed by atoms with Gasteiger partial charge in [0.2, 0.25) is 5.91 Å². The van der Waals surface area contributed by atoms with Gasteiger partial charge in [-0.1, -0.05) is 42.5 Å². The second-order valence-electron chi connectivity index (χ2n) is 5.75. The van der Waals surface area contributed by atoms with Crippen molar-refractivity contribution in [2.24, 2.45) is 0 Å². The molecule has 0 unspecified atom stereocenters. The molecule has 0 heterocycles. The normalized spacial score (nSPS) is 17.8. The lowest BCUT2D eigenvalue weighted by molar-refractivity contribution is -0.121.